The molecule has 0 saturated carbocycles. The molecular weight excluding hydrogens is 407 g/mol. The van der Waals surface area contributed by atoms with Crippen LogP contribution in [-0.2, 0) is 23.4 Å². The van der Waals surface area contributed by atoms with Gasteiger partial charge >= 0.3 is 0 Å². The maximum absolute atomic E-state index is 13.3. The molecule has 158 valence electrons. The molecule has 0 aliphatic carbocycles. The summed E-state index contributed by atoms with van der Waals surface area (Å²) >= 11 is 6.33. The first-order valence-corrected chi connectivity index (χ1v) is 10.3. The van der Waals surface area contributed by atoms with E-state index in [0.29, 0.717) is 23.0 Å². The van der Waals surface area contributed by atoms with E-state index in [9.17, 15) is 14.3 Å². The van der Waals surface area contributed by atoms with Gasteiger partial charge in [-0.2, -0.15) is 5.10 Å². The van der Waals surface area contributed by atoms with Crippen LogP contribution >= 0.6 is 11.6 Å². The molecule has 6 nitrogen and oxygen atoms in total. The minimum Gasteiger partial charge on any atom is -0.384 e. The lowest BCUT2D eigenvalue weighted by Gasteiger charge is -2.28. The van der Waals surface area contributed by atoms with Gasteiger partial charge in [0.1, 0.15) is 23.7 Å². The zero-order valence-corrected chi connectivity index (χ0v) is 17.9. The molecule has 0 unspecified atom stereocenters. The summed E-state index contributed by atoms with van der Waals surface area (Å²) in [5, 5.41) is 15.0. The van der Waals surface area contributed by atoms with Crippen LogP contribution in [0, 0.1) is 12.7 Å². The third-order valence-electron chi connectivity index (χ3n) is 5.46. The van der Waals surface area contributed by atoms with Crippen LogP contribution in [0.1, 0.15) is 37.4 Å². The van der Waals surface area contributed by atoms with Crippen molar-refractivity contribution in [3.8, 4) is 5.69 Å². The SMILES string of the molecule is Cc1c(Cl)c(C(C)(C)O)nn1CC(=O)N1CCCc2c1ccn2-c1ccc(F)cc1. The minimum absolute atomic E-state index is 0.0306. The number of aromatic nitrogens is 3. The normalized spacial score (nSPS) is 14.1. The molecular formula is C22H24ClFN4O2. The van der Waals surface area contributed by atoms with Gasteiger partial charge in [0.25, 0.3) is 0 Å². The molecule has 1 N–H and O–H groups in total. The molecule has 1 aliphatic heterocycles. The Bertz CT molecular complexity index is 1100. The van der Waals surface area contributed by atoms with E-state index in [4.69, 9.17) is 11.6 Å². The summed E-state index contributed by atoms with van der Waals surface area (Å²) in [5.74, 6) is -0.382. The number of fused-ring (bicyclic) bond motifs is 1. The van der Waals surface area contributed by atoms with Crippen LogP contribution in [-0.4, -0.2) is 31.9 Å². The van der Waals surface area contributed by atoms with Crippen molar-refractivity contribution in [2.45, 2.75) is 45.8 Å². The Morgan fingerprint density at radius 3 is 2.60 bits per heavy atom. The molecule has 3 aromatic rings. The van der Waals surface area contributed by atoms with Gasteiger partial charge in [0.15, 0.2) is 0 Å². The van der Waals surface area contributed by atoms with E-state index in [-0.39, 0.29) is 18.3 Å². The second kappa shape index (κ2) is 7.56. The quantitative estimate of drug-likeness (QED) is 0.681. The standard InChI is InChI=1S/C22H24ClFN4O2/c1-14-20(23)21(22(2,3)30)25-28(14)13-19(29)27-11-4-5-17-18(27)10-12-26(17)16-8-6-15(24)7-9-16/h6-10,12,30H,4-5,11,13H2,1-3H3. The van der Waals surface area contributed by atoms with Gasteiger partial charge in [0.05, 0.1) is 16.4 Å². The lowest BCUT2D eigenvalue weighted by molar-refractivity contribution is -0.119. The van der Waals surface area contributed by atoms with Gasteiger partial charge in [0, 0.05) is 24.1 Å². The van der Waals surface area contributed by atoms with Crippen LogP contribution in [0.4, 0.5) is 10.1 Å². The lowest BCUT2D eigenvalue weighted by Crippen LogP contribution is -2.38. The summed E-state index contributed by atoms with van der Waals surface area (Å²) in [5.41, 5.74) is 2.54. The van der Waals surface area contributed by atoms with E-state index in [1.807, 2.05) is 16.8 Å². The smallest absolute Gasteiger partial charge is 0.248 e. The van der Waals surface area contributed by atoms with Crippen LogP contribution in [0.5, 0.6) is 0 Å². The summed E-state index contributed by atoms with van der Waals surface area (Å²) in [7, 11) is 0. The number of nitrogens with zero attached hydrogens (tertiary/aromatic N) is 4. The minimum atomic E-state index is -1.19. The highest BCUT2D eigenvalue weighted by Crippen LogP contribution is 2.32. The molecule has 0 spiro atoms. The van der Waals surface area contributed by atoms with Gasteiger partial charge in [-0.1, -0.05) is 11.6 Å². The Kier molecular flexibility index (Phi) is 5.20. The van der Waals surface area contributed by atoms with Crippen molar-refractivity contribution < 1.29 is 14.3 Å². The molecule has 0 radical (unpaired) electrons. The fraction of sp³-hybridized carbons (Fsp3) is 0.364. The molecule has 2 aromatic heterocycles. The number of hydrogen-bond donors (Lipinski definition) is 1. The van der Waals surface area contributed by atoms with E-state index < -0.39 is 5.60 Å². The molecule has 1 amide bonds. The summed E-state index contributed by atoms with van der Waals surface area (Å²) in [6, 6.07) is 8.23. The molecule has 4 rings (SSSR count). The van der Waals surface area contributed by atoms with Gasteiger partial charge in [0.2, 0.25) is 5.91 Å². The van der Waals surface area contributed by atoms with Crippen molar-refractivity contribution in [2.24, 2.45) is 0 Å². The predicted octanol–water partition coefficient (Wildman–Crippen LogP) is 3.98. The van der Waals surface area contributed by atoms with Crippen LogP contribution in [0.2, 0.25) is 5.02 Å². The molecule has 3 heterocycles. The van der Waals surface area contributed by atoms with Crippen molar-refractivity contribution >= 4 is 23.2 Å². The maximum atomic E-state index is 13.3. The molecule has 1 aliphatic rings. The van der Waals surface area contributed by atoms with E-state index in [2.05, 4.69) is 5.10 Å². The Balaban J connectivity index is 1.62. The van der Waals surface area contributed by atoms with Gasteiger partial charge in [-0.25, -0.2) is 4.39 Å². The second-order valence-corrected chi connectivity index (χ2v) is 8.49. The van der Waals surface area contributed by atoms with E-state index in [1.54, 1.807) is 42.5 Å². The molecule has 0 fully saturated rings. The largest absolute Gasteiger partial charge is 0.384 e. The van der Waals surface area contributed by atoms with Gasteiger partial charge < -0.3 is 14.6 Å². The number of carbonyl (C=O) groups is 1. The molecule has 0 atom stereocenters. The zero-order chi connectivity index (χ0) is 21.6. The Hall–Kier alpha value is -2.64. The Labute approximate surface area is 179 Å². The summed E-state index contributed by atoms with van der Waals surface area (Å²) in [4.78, 5) is 14.9. The van der Waals surface area contributed by atoms with Gasteiger partial charge in [-0.05, 0) is 63.9 Å². The summed E-state index contributed by atoms with van der Waals surface area (Å²) in [6.07, 6.45) is 3.57. The zero-order valence-electron chi connectivity index (χ0n) is 17.2. The van der Waals surface area contributed by atoms with Crippen LogP contribution < -0.4 is 4.90 Å². The number of hydrogen-bond acceptors (Lipinski definition) is 3. The first kappa shape index (κ1) is 20.6. The average molecular weight is 431 g/mol. The highest BCUT2D eigenvalue weighted by Gasteiger charge is 2.29. The molecule has 0 saturated heterocycles. The van der Waals surface area contributed by atoms with Crippen LogP contribution in [0.15, 0.2) is 36.5 Å². The molecule has 8 heteroatoms. The van der Waals surface area contributed by atoms with E-state index in [1.165, 1.54) is 12.1 Å². The van der Waals surface area contributed by atoms with Crippen LogP contribution in [0.25, 0.3) is 5.69 Å². The fourth-order valence-corrected chi connectivity index (χ4v) is 4.23. The topological polar surface area (TPSA) is 63.3 Å². The van der Waals surface area contributed by atoms with Crippen molar-refractivity contribution in [1.82, 2.24) is 14.3 Å². The third-order valence-corrected chi connectivity index (χ3v) is 5.91. The van der Waals surface area contributed by atoms with Crippen molar-refractivity contribution in [3.05, 3.63) is 64.5 Å². The molecule has 0 bridgehead atoms. The Morgan fingerprint density at radius 2 is 1.97 bits per heavy atom. The number of amides is 1. The average Bonchev–Trinajstić information content (AvgIpc) is 3.25. The highest BCUT2D eigenvalue weighted by atomic mass is 35.5. The third kappa shape index (κ3) is 3.63. The first-order chi connectivity index (χ1) is 14.2. The molecule has 1 aromatic carbocycles. The van der Waals surface area contributed by atoms with Crippen molar-refractivity contribution in [3.63, 3.8) is 0 Å². The van der Waals surface area contributed by atoms with E-state index >= 15 is 0 Å². The fourth-order valence-electron chi connectivity index (χ4n) is 3.86. The number of halogens is 2. The van der Waals surface area contributed by atoms with Gasteiger partial charge in [-0.3, -0.25) is 9.48 Å². The number of carbonyl (C=O) groups excluding carboxylic acids is 1. The number of aliphatic hydroxyl groups is 1. The number of rotatable bonds is 4. The lowest BCUT2D eigenvalue weighted by atomic mass is 10.1. The van der Waals surface area contributed by atoms with Crippen molar-refractivity contribution in [2.75, 3.05) is 11.4 Å². The first-order valence-electron chi connectivity index (χ1n) is 9.89. The number of anilines is 1. The predicted molar refractivity (Wildman–Crippen MR) is 114 cm³/mol. The second-order valence-electron chi connectivity index (χ2n) is 8.11. The summed E-state index contributed by atoms with van der Waals surface area (Å²) in [6.45, 7) is 5.66. The summed E-state index contributed by atoms with van der Waals surface area (Å²) < 4.78 is 16.8. The highest BCUT2D eigenvalue weighted by molar-refractivity contribution is 6.32. The molecule has 30 heavy (non-hydrogen) atoms. The van der Waals surface area contributed by atoms with Gasteiger partial charge in [-0.15, -0.1) is 0 Å². The van der Waals surface area contributed by atoms with Crippen molar-refractivity contribution in [1.29, 1.82) is 0 Å². The number of benzene rings is 1. The Morgan fingerprint density at radius 1 is 1.27 bits per heavy atom. The van der Waals surface area contributed by atoms with E-state index in [0.717, 1.165) is 29.9 Å². The monoisotopic (exact) mass is 430 g/mol. The maximum Gasteiger partial charge on any atom is 0.248 e. The van der Waals surface area contributed by atoms with Crippen LogP contribution in [0.3, 0.4) is 0 Å².